The fraction of sp³-hybridized carbons (Fsp3) is 0.907. The van der Waals surface area contributed by atoms with Gasteiger partial charge in [0.15, 0.2) is 6.10 Å². The van der Waals surface area contributed by atoms with Gasteiger partial charge in [-0.3, -0.25) is 14.4 Å². The molecule has 0 bridgehead atoms. The first-order valence-corrected chi connectivity index (χ1v) is 26.7. The van der Waals surface area contributed by atoms with Gasteiger partial charge in [0.25, 0.3) is 0 Å². The van der Waals surface area contributed by atoms with E-state index >= 15 is 0 Å². The number of hydrogen-bond acceptors (Lipinski definition) is 6. The number of unbranched alkanes of at least 4 members (excludes halogenated alkanes) is 36. The fourth-order valence-corrected chi connectivity index (χ4v) is 7.95. The lowest BCUT2D eigenvalue weighted by atomic mass is 10.0. The van der Waals surface area contributed by atoms with Gasteiger partial charge >= 0.3 is 17.9 Å². The van der Waals surface area contributed by atoms with Crippen LogP contribution in [0.2, 0.25) is 0 Å². The van der Waals surface area contributed by atoms with Gasteiger partial charge in [0.05, 0.1) is 0 Å². The van der Waals surface area contributed by atoms with Gasteiger partial charge in [0, 0.05) is 19.3 Å². The maximum absolute atomic E-state index is 12.8. The summed E-state index contributed by atoms with van der Waals surface area (Å²) in [6.45, 7) is 6.63. The molecular weight excluding hydrogens is 745 g/mol. The molecule has 0 unspecified atom stereocenters. The lowest BCUT2D eigenvalue weighted by molar-refractivity contribution is -0.167. The molecule has 0 aliphatic heterocycles. The summed E-state index contributed by atoms with van der Waals surface area (Å²) in [5, 5.41) is 0. The Morgan fingerprint density at radius 1 is 0.317 bits per heavy atom. The quantitative estimate of drug-likeness (QED) is 0.0263. The molecule has 0 saturated carbocycles. The third kappa shape index (κ3) is 47.2. The first kappa shape index (κ1) is 58.1. The molecule has 354 valence electrons. The molecule has 0 radical (unpaired) electrons. The first-order valence-electron chi connectivity index (χ1n) is 26.7. The Morgan fingerprint density at radius 2 is 0.567 bits per heavy atom. The average Bonchev–Trinajstić information content (AvgIpc) is 3.24. The minimum atomic E-state index is -0.766. The van der Waals surface area contributed by atoms with Crippen molar-refractivity contribution in [2.45, 2.75) is 303 Å². The molecule has 0 N–H and O–H groups in total. The Balaban J connectivity index is 4.24. The fourth-order valence-electron chi connectivity index (χ4n) is 7.95. The molecule has 0 aromatic rings. The van der Waals surface area contributed by atoms with Gasteiger partial charge in [-0.15, -0.1) is 0 Å². The second-order valence-corrected chi connectivity index (χ2v) is 18.2. The molecule has 0 fully saturated rings. The van der Waals surface area contributed by atoms with Gasteiger partial charge in [-0.1, -0.05) is 251 Å². The molecule has 0 heterocycles. The zero-order valence-corrected chi connectivity index (χ0v) is 40.5. The number of rotatable bonds is 49. The van der Waals surface area contributed by atoms with Crippen molar-refractivity contribution in [3.8, 4) is 0 Å². The van der Waals surface area contributed by atoms with E-state index in [1.807, 2.05) is 0 Å². The summed E-state index contributed by atoms with van der Waals surface area (Å²) in [7, 11) is 0. The van der Waals surface area contributed by atoms with Crippen LogP contribution < -0.4 is 0 Å². The molecule has 6 nitrogen and oxygen atoms in total. The number of carbonyl (C=O) groups is 3. The molecule has 0 rings (SSSR count). The summed E-state index contributed by atoms with van der Waals surface area (Å²) in [4.78, 5) is 37.9. The highest BCUT2D eigenvalue weighted by Crippen LogP contribution is 2.17. The van der Waals surface area contributed by atoms with Crippen molar-refractivity contribution in [1.82, 2.24) is 0 Å². The molecule has 0 spiro atoms. The molecule has 60 heavy (non-hydrogen) atoms. The van der Waals surface area contributed by atoms with Crippen molar-refractivity contribution in [3.63, 3.8) is 0 Å². The van der Waals surface area contributed by atoms with Crippen LogP contribution in [0, 0.1) is 0 Å². The molecule has 6 heteroatoms. The highest BCUT2D eigenvalue weighted by Gasteiger charge is 2.19. The van der Waals surface area contributed by atoms with Crippen molar-refractivity contribution in [1.29, 1.82) is 0 Å². The SMILES string of the molecule is CCCC/C=C\CCCCCCCC(=O)OC[C@H](COC(=O)CCCCCCCCCCCCCCCCCCCCC)OC(=O)CCCCCCCCCCCCCC. The van der Waals surface area contributed by atoms with Gasteiger partial charge in [-0.2, -0.15) is 0 Å². The van der Waals surface area contributed by atoms with Crippen molar-refractivity contribution in [2.24, 2.45) is 0 Å². The van der Waals surface area contributed by atoms with E-state index in [-0.39, 0.29) is 31.1 Å². The third-order valence-corrected chi connectivity index (χ3v) is 12.0. The zero-order chi connectivity index (χ0) is 43.7. The first-order chi connectivity index (χ1) is 29.5. The number of hydrogen-bond donors (Lipinski definition) is 0. The van der Waals surface area contributed by atoms with Gasteiger partial charge in [-0.25, -0.2) is 0 Å². The van der Waals surface area contributed by atoms with Crippen LogP contribution in [0.25, 0.3) is 0 Å². The van der Waals surface area contributed by atoms with Crippen LogP contribution in [0.15, 0.2) is 12.2 Å². The third-order valence-electron chi connectivity index (χ3n) is 12.0. The molecule has 0 aliphatic rings. The highest BCUT2D eigenvalue weighted by molar-refractivity contribution is 5.71. The van der Waals surface area contributed by atoms with Crippen molar-refractivity contribution in [3.05, 3.63) is 12.2 Å². The van der Waals surface area contributed by atoms with Crippen LogP contribution in [0.3, 0.4) is 0 Å². The predicted octanol–water partition coefficient (Wildman–Crippen LogP) is 17.4. The number of ether oxygens (including phenoxy) is 3. The second kappa shape index (κ2) is 49.8. The Morgan fingerprint density at radius 3 is 0.883 bits per heavy atom. The molecule has 0 amide bonds. The molecule has 0 aliphatic carbocycles. The zero-order valence-electron chi connectivity index (χ0n) is 40.5. The van der Waals surface area contributed by atoms with E-state index in [2.05, 4.69) is 32.9 Å². The standard InChI is InChI=1S/C54H102O6/c1-4-7-10-13-16-19-22-24-25-26-27-28-29-30-33-35-38-41-44-47-53(56)59-50-51(49-58-52(55)46-43-40-37-34-31-21-18-15-12-9-6-3)60-54(57)48-45-42-39-36-32-23-20-17-14-11-8-5-2/h15,18,51H,4-14,16-17,19-50H2,1-3H3/b18-15-/t51-/m1/s1. The normalized spacial score (nSPS) is 12.0. The van der Waals surface area contributed by atoms with Crippen LogP contribution in [0.1, 0.15) is 297 Å². The van der Waals surface area contributed by atoms with Crippen LogP contribution >= 0.6 is 0 Å². The van der Waals surface area contributed by atoms with E-state index in [0.29, 0.717) is 19.3 Å². The molecular formula is C54H102O6. The maximum atomic E-state index is 12.8. The maximum Gasteiger partial charge on any atom is 0.306 e. The molecule has 1 atom stereocenters. The second-order valence-electron chi connectivity index (χ2n) is 18.2. The number of carbonyl (C=O) groups excluding carboxylic acids is 3. The van der Waals surface area contributed by atoms with Gasteiger partial charge in [0.2, 0.25) is 0 Å². The van der Waals surface area contributed by atoms with Crippen molar-refractivity contribution < 1.29 is 28.6 Å². The van der Waals surface area contributed by atoms with E-state index in [9.17, 15) is 14.4 Å². The lowest BCUT2D eigenvalue weighted by Crippen LogP contribution is -2.30. The summed E-state index contributed by atoms with van der Waals surface area (Å²) in [6.07, 6.45) is 54.9. The summed E-state index contributed by atoms with van der Waals surface area (Å²) in [5.41, 5.74) is 0. The van der Waals surface area contributed by atoms with Gasteiger partial charge in [-0.05, 0) is 38.5 Å². The van der Waals surface area contributed by atoms with Crippen molar-refractivity contribution in [2.75, 3.05) is 13.2 Å². The highest BCUT2D eigenvalue weighted by atomic mass is 16.6. The van der Waals surface area contributed by atoms with E-state index in [1.54, 1.807) is 0 Å². The average molecular weight is 847 g/mol. The lowest BCUT2D eigenvalue weighted by Gasteiger charge is -2.18. The smallest absolute Gasteiger partial charge is 0.306 e. The Hall–Kier alpha value is -1.85. The van der Waals surface area contributed by atoms with E-state index < -0.39 is 6.10 Å². The van der Waals surface area contributed by atoms with Gasteiger partial charge in [0.1, 0.15) is 13.2 Å². The topological polar surface area (TPSA) is 78.9 Å². The van der Waals surface area contributed by atoms with Gasteiger partial charge < -0.3 is 14.2 Å². The summed E-state index contributed by atoms with van der Waals surface area (Å²) in [6, 6.07) is 0. The molecule has 0 aromatic heterocycles. The Bertz CT molecular complexity index is 931. The number of esters is 3. The largest absolute Gasteiger partial charge is 0.462 e. The summed E-state index contributed by atoms with van der Waals surface area (Å²) in [5.74, 6) is -0.860. The molecule has 0 aromatic carbocycles. The van der Waals surface area contributed by atoms with E-state index in [4.69, 9.17) is 14.2 Å². The Labute approximate surface area is 373 Å². The van der Waals surface area contributed by atoms with Crippen molar-refractivity contribution >= 4 is 17.9 Å². The van der Waals surface area contributed by atoms with Crippen LogP contribution in [0.5, 0.6) is 0 Å². The monoisotopic (exact) mass is 847 g/mol. The van der Waals surface area contributed by atoms with Crippen LogP contribution in [0.4, 0.5) is 0 Å². The van der Waals surface area contributed by atoms with E-state index in [0.717, 1.165) is 64.2 Å². The summed E-state index contributed by atoms with van der Waals surface area (Å²) >= 11 is 0. The molecule has 0 saturated heterocycles. The van der Waals surface area contributed by atoms with E-state index in [1.165, 1.54) is 193 Å². The minimum absolute atomic E-state index is 0.0671. The minimum Gasteiger partial charge on any atom is -0.462 e. The number of allylic oxidation sites excluding steroid dienone is 2. The van der Waals surface area contributed by atoms with Crippen LogP contribution in [-0.4, -0.2) is 37.2 Å². The Kier molecular flexibility index (Phi) is 48.3. The summed E-state index contributed by atoms with van der Waals surface area (Å²) < 4.78 is 16.8. The van der Waals surface area contributed by atoms with Crippen LogP contribution in [-0.2, 0) is 28.6 Å². The predicted molar refractivity (Wildman–Crippen MR) is 256 cm³/mol.